The van der Waals surface area contributed by atoms with Crippen LogP contribution in [0.5, 0.6) is 5.75 Å². The van der Waals surface area contributed by atoms with Crippen molar-refractivity contribution in [3.63, 3.8) is 0 Å². The molecular weight excluding hydrogens is 236 g/mol. The number of nitrogens with one attached hydrogen (secondary N) is 1. The molecule has 0 unspecified atom stereocenters. The van der Waals surface area contributed by atoms with Gasteiger partial charge in [-0.15, -0.1) is 0 Å². The number of phenolic OH excluding ortho intramolecular Hbond substituents is 1. The van der Waals surface area contributed by atoms with Crippen LogP contribution in [0.4, 0.5) is 5.69 Å². The minimum Gasteiger partial charge on any atom is -0.507 e. The van der Waals surface area contributed by atoms with Crippen molar-refractivity contribution in [2.45, 2.75) is 6.04 Å². The molecule has 0 saturated carbocycles. The molecule has 0 bridgehead atoms. The van der Waals surface area contributed by atoms with Crippen molar-refractivity contribution >= 4 is 17.7 Å². The first-order valence-electron chi connectivity index (χ1n) is 5.35. The zero-order chi connectivity index (χ0) is 13.5. The Labute approximate surface area is 104 Å². The molecule has 0 aliphatic rings. The molecule has 6 N–H and O–H groups in total. The molecule has 0 fully saturated rings. The third-order valence-electron chi connectivity index (χ3n) is 2.25. The average Bonchev–Trinajstić information content (AvgIpc) is 2.37. The number of anilines is 1. The normalized spacial score (nSPS) is 11.1. The van der Waals surface area contributed by atoms with Crippen LogP contribution in [0.1, 0.15) is 5.56 Å². The summed E-state index contributed by atoms with van der Waals surface area (Å²) in [5.41, 5.74) is 6.43. The first kappa shape index (κ1) is 14.0. The molecule has 0 saturated heterocycles. The Balaban J connectivity index is 2.68. The number of nitrogens with two attached hydrogens (primary N) is 1. The van der Waals surface area contributed by atoms with Crippen LogP contribution in [0.2, 0.25) is 0 Å². The molecule has 0 spiro atoms. The van der Waals surface area contributed by atoms with Gasteiger partial charge in [0, 0.05) is 17.3 Å². The number of aliphatic hydroxyl groups excluding tert-OH is 2. The molecule has 0 aliphatic heterocycles. The van der Waals surface area contributed by atoms with E-state index in [1.807, 2.05) is 0 Å². The summed E-state index contributed by atoms with van der Waals surface area (Å²) < 4.78 is 0. The van der Waals surface area contributed by atoms with E-state index in [9.17, 15) is 9.90 Å². The highest BCUT2D eigenvalue weighted by atomic mass is 16.3. The Hall–Kier alpha value is -2.05. The first-order valence-corrected chi connectivity index (χ1v) is 5.35. The highest BCUT2D eigenvalue weighted by Crippen LogP contribution is 2.20. The number of carbonyl (C=O) groups excluding carboxylic acids is 1. The molecule has 0 aliphatic carbocycles. The zero-order valence-electron chi connectivity index (χ0n) is 9.71. The van der Waals surface area contributed by atoms with Crippen molar-refractivity contribution < 1.29 is 20.1 Å². The molecule has 6 heteroatoms. The van der Waals surface area contributed by atoms with Gasteiger partial charge in [0.05, 0.1) is 19.3 Å². The average molecular weight is 252 g/mol. The Morgan fingerprint density at radius 3 is 2.67 bits per heavy atom. The summed E-state index contributed by atoms with van der Waals surface area (Å²) in [6, 6.07) is 3.79. The Morgan fingerprint density at radius 1 is 1.39 bits per heavy atom. The van der Waals surface area contributed by atoms with Gasteiger partial charge in [-0.1, -0.05) is 0 Å². The van der Waals surface area contributed by atoms with Gasteiger partial charge >= 0.3 is 0 Å². The number of carbonyl (C=O) groups is 1. The number of nitrogen functional groups attached to an aromatic ring is 1. The van der Waals surface area contributed by atoms with Crippen LogP contribution in [-0.4, -0.2) is 40.5 Å². The van der Waals surface area contributed by atoms with E-state index < -0.39 is 11.9 Å². The minimum atomic E-state index is -0.698. The number of benzene rings is 1. The molecule has 0 atom stereocenters. The number of amides is 1. The van der Waals surface area contributed by atoms with Gasteiger partial charge in [-0.2, -0.15) is 0 Å². The number of phenols is 1. The fourth-order valence-corrected chi connectivity index (χ4v) is 1.27. The SMILES string of the molecule is Nc1ccc(O)c(/C=C/C(=O)NC(CO)CO)c1. The highest BCUT2D eigenvalue weighted by molar-refractivity contribution is 5.92. The second kappa shape index (κ2) is 6.63. The topological polar surface area (TPSA) is 116 Å². The van der Waals surface area contributed by atoms with Gasteiger partial charge in [0.1, 0.15) is 5.75 Å². The fraction of sp³-hybridized carbons (Fsp3) is 0.250. The van der Waals surface area contributed by atoms with E-state index in [4.69, 9.17) is 15.9 Å². The van der Waals surface area contributed by atoms with E-state index in [0.717, 1.165) is 0 Å². The molecule has 1 aromatic carbocycles. The maximum atomic E-state index is 11.4. The first-order chi connectivity index (χ1) is 8.56. The van der Waals surface area contributed by atoms with E-state index in [1.165, 1.54) is 24.3 Å². The summed E-state index contributed by atoms with van der Waals surface area (Å²) in [5.74, 6) is -0.473. The Kier molecular flexibility index (Phi) is 5.16. The second-order valence-corrected chi connectivity index (χ2v) is 3.72. The number of aliphatic hydroxyl groups is 2. The van der Waals surface area contributed by atoms with Gasteiger partial charge in [-0.05, 0) is 24.3 Å². The number of aromatic hydroxyl groups is 1. The Morgan fingerprint density at radius 2 is 2.06 bits per heavy atom. The lowest BCUT2D eigenvalue weighted by Gasteiger charge is -2.11. The molecule has 1 amide bonds. The summed E-state index contributed by atoms with van der Waals surface area (Å²) in [6.07, 6.45) is 2.58. The van der Waals surface area contributed by atoms with Gasteiger partial charge < -0.3 is 26.4 Å². The van der Waals surface area contributed by atoms with E-state index >= 15 is 0 Å². The number of hydrogen-bond acceptors (Lipinski definition) is 5. The lowest BCUT2D eigenvalue weighted by molar-refractivity contribution is -0.117. The predicted octanol–water partition coefficient (Wildman–Crippen LogP) is -0.543. The van der Waals surface area contributed by atoms with Gasteiger partial charge in [0.15, 0.2) is 0 Å². The molecule has 18 heavy (non-hydrogen) atoms. The van der Waals surface area contributed by atoms with E-state index in [2.05, 4.69) is 5.32 Å². The molecule has 1 rings (SSSR count). The van der Waals surface area contributed by atoms with Gasteiger partial charge in [-0.25, -0.2) is 0 Å². The van der Waals surface area contributed by atoms with Crippen LogP contribution < -0.4 is 11.1 Å². The van der Waals surface area contributed by atoms with Crippen LogP contribution in [-0.2, 0) is 4.79 Å². The van der Waals surface area contributed by atoms with Gasteiger partial charge in [0.25, 0.3) is 0 Å². The number of rotatable bonds is 5. The maximum absolute atomic E-state index is 11.4. The molecular formula is C12H16N2O4. The quantitative estimate of drug-likeness (QED) is 0.274. The molecule has 98 valence electrons. The van der Waals surface area contributed by atoms with Crippen LogP contribution in [0.15, 0.2) is 24.3 Å². The summed E-state index contributed by atoms with van der Waals surface area (Å²) in [6.45, 7) is -0.695. The zero-order valence-corrected chi connectivity index (χ0v) is 9.71. The van der Waals surface area contributed by atoms with Crippen LogP contribution in [0, 0.1) is 0 Å². The largest absolute Gasteiger partial charge is 0.507 e. The van der Waals surface area contributed by atoms with Crippen LogP contribution in [0.3, 0.4) is 0 Å². The van der Waals surface area contributed by atoms with Crippen molar-refractivity contribution in [2.24, 2.45) is 0 Å². The lowest BCUT2D eigenvalue weighted by atomic mass is 10.1. The Bertz CT molecular complexity index is 442. The third kappa shape index (κ3) is 4.08. The molecule has 1 aromatic rings. The summed E-state index contributed by atoms with van der Waals surface area (Å²) in [4.78, 5) is 11.4. The second-order valence-electron chi connectivity index (χ2n) is 3.72. The standard InChI is InChI=1S/C12H16N2O4/c13-9-2-3-11(17)8(5-9)1-4-12(18)14-10(6-15)7-16/h1-5,10,15-17H,6-7,13H2,(H,14,18)/b4-1+. The third-order valence-corrected chi connectivity index (χ3v) is 2.25. The fourth-order valence-electron chi connectivity index (χ4n) is 1.27. The van der Waals surface area contributed by atoms with Crippen LogP contribution in [0.25, 0.3) is 6.08 Å². The molecule has 0 aromatic heterocycles. The summed E-state index contributed by atoms with van der Waals surface area (Å²) in [7, 11) is 0. The lowest BCUT2D eigenvalue weighted by Crippen LogP contribution is -2.39. The predicted molar refractivity (Wildman–Crippen MR) is 67.7 cm³/mol. The van der Waals surface area contributed by atoms with Crippen molar-refractivity contribution in [3.8, 4) is 5.75 Å². The molecule has 0 radical (unpaired) electrons. The van der Waals surface area contributed by atoms with Crippen molar-refractivity contribution in [2.75, 3.05) is 18.9 Å². The summed E-state index contributed by atoms with van der Waals surface area (Å²) in [5, 5.41) is 29.5. The van der Waals surface area contributed by atoms with E-state index in [-0.39, 0.29) is 19.0 Å². The van der Waals surface area contributed by atoms with Crippen molar-refractivity contribution in [3.05, 3.63) is 29.8 Å². The van der Waals surface area contributed by atoms with E-state index in [1.54, 1.807) is 6.07 Å². The maximum Gasteiger partial charge on any atom is 0.244 e. The highest BCUT2D eigenvalue weighted by Gasteiger charge is 2.07. The van der Waals surface area contributed by atoms with Crippen molar-refractivity contribution in [1.29, 1.82) is 0 Å². The smallest absolute Gasteiger partial charge is 0.244 e. The molecule has 0 heterocycles. The monoisotopic (exact) mass is 252 g/mol. The summed E-state index contributed by atoms with van der Waals surface area (Å²) >= 11 is 0. The van der Waals surface area contributed by atoms with E-state index in [0.29, 0.717) is 11.3 Å². The van der Waals surface area contributed by atoms with Gasteiger partial charge in [0.2, 0.25) is 5.91 Å². The molecule has 6 nitrogen and oxygen atoms in total. The number of hydrogen-bond donors (Lipinski definition) is 5. The van der Waals surface area contributed by atoms with Gasteiger partial charge in [-0.3, -0.25) is 4.79 Å². The van der Waals surface area contributed by atoms with Crippen LogP contribution >= 0.6 is 0 Å². The van der Waals surface area contributed by atoms with Crippen molar-refractivity contribution in [1.82, 2.24) is 5.32 Å². The minimum absolute atomic E-state index is 0.00844.